The molecular formula is C12H26O3Si. The van der Waals surface area contributed by atoms with Crippen molar-refractivity contribution < 1.29 is 13.3 Å². The van der Waals surface area contributed by atoms with Crippen molar-refractivity contribution in [3.8, 4) is 0 Å². The van der Waals surface area contributed by atoms with Crippen molar-refractivity contribution in [1.82, 2.24) is 0 Å². The van der Waals surface area contributed by atoms with Gasteiger partial charge in [-0.3, -0.25) is 0 Å². The highest BCUT2D eigenvalue weighted by Gasteiger charge is 2.40. The molecule has 0 unspecified atom stereocenters. The first-order valence-corrected chi connectivity index (χ1v) is 8.29. The second kappa shape index (κ2) is 6.74. The van der Waals surface area contributed by atoms with Gasteiger partial charge in [0, 0.05) is 26.9 Å². The Morgan fingerprint density at radius 3 is 2.12 bits per heavy atom. The van der Waals surface area contributed by atoms with Crippen molar-refractivity contribution in [1.29, 1.82) is 0 Å². The summed E-state index contributed by atoms with van der Waals surface area (Å²) in [5, 5.41) is 0. The summed E-state index contributed by atoms with van der Waals surface area (Å²) in [6, 6.07) is 0.909. The highest BCUT2D eigenvalue weighted by molar-refractivity contribution is 6.60. The predicted molar refractivity (Wildman–Crippen MR) is 67.3 cm³/mol. The van der Waals surface area contributed by atoms with Gasteiger partial charge in [-0.25, -0.2) is 0 Å². The monoisotopic (exact) mass is 246 g/mol. The average Bonchev–Trinajstić information content (AvgIpc) is 2.77. The maximum absolute atomic E-state index is 6.02. The Balaban J connectivity index is 2.41. The van der Waals surface area contributed by atoms with Crippen molar-refractivity contribution >= 4 is 8.80 Å². The number of rotatable bonds is 7. The van der Waals surface area contributed by atoms with Gasteiger partial charge >= 0.3 is 8.80 Å². The topological polar surface area (TPSA) is 27.7 Å². The maximum atomic E-state index is 6.02. The minimum atomic E-state index is -2.37. The molecule has 4 heteroatoms. The zero-order chi connectivity index (χ0) is 12.0. The molecule has 0 N–H and O–H groups in total. The van der Waals surface area contributed by atoms with Gasteiger partial charge in [-0.05, 0) is 24.7 Å². The molecule has 1 rings (SSSR count). The van der Waals surface area contributed by atoms with E-state index in [2.05, 4.69) is 13.8 Å². The lowest BCUT2D eigenvalue weighted by atomic mass is 10.1. The van der Waals surface area contributed by atoms with E-state index in [1.807, 2.05) is 0 Å². The van der Waals surface area contributed by atoms with E-state index >= 15 is 0 Å². The summed E-state index contributed by atoms with van der Waals surface area (Å²) in [7, 11) is 1.06. The van der Waals surface area contributed by atoms with Crippen LogP contribution in [0.3, 0.4) is 0 Å². The van der Waals surface area contributed by atoms with Crippen LogP contribution in [0.15, 0.2) is 0 Å². The molecule has 0 spiro atoms. The van der Waals surface area contributed by atoms with Crippen LogP contribution in [0.1, 0.15) is 39.5 Å². The van der Waals surface area contributed by atoms with Crippen molar-refractivity contribution in [2.24, 2.45) is 11.8 Å². The Kier molecular flexibility index (Phi) is 5.96. The molecule has 16 heavy (non-hydrogen) atoms. The molecular weight excluding hydrogens is 220 g/mol. The van der Waals surface area contributed by atoms with Crippen LogP contribution in [0.25, 0.3) is 0 Å². The van der Waals surface area contributed by atoms with E-state index in [4.69, 9.17) is 13.3 Å². The molecule has 0 aliphatic heterocycles. The second-order valence-electron chi connectivity index (χ2n) is 5.15. The summed E-state index contributed by atoms with van der Waals surface area (Å²) in [6.07, 6.45) is 5.32. The van der Waals surface area contributed by atoms with Gasteiger partial charge in [0.05, 0.1) is 0 Å². The third kappa shape index (κ3) is 4.16. The van der Waals surface area contributed by atoms with Gasteiger partial charge in [0.25, 0.3) is 0 Å². The molecule has 0 heterocycles. The summed E-state index contributed by atoms with van der Waals surface area (Å²) in [4.78, 5) is 0. The van der Waals surface area contributed by atoms with Gasteiger partial charge in [-0.15, -0.1) is 0 Å². The first-order valence-electron chi connectivity index (χ1n) is 6.36. The van der Waals surface area contributed by atoms with Gasteiger partial charge < -0.3 is 13.3 Å². The summed E-state index contributed by atoms with van der Waals surface area (Å²) in [6.45, 7) is 5.18. The standard InChI is InChI=1S/C12H26O3Si/c1-11(2)10-16(13-3,14-4)15-9-12-7-5-6-8-12/h11-12H,5-10H2,1-4H3. The van der Waals surface area contributed by atoms with Crippen molar-refractivity contribution in [2.75, 3.05) is 20.8 Å². The van der Waals surface area contributed by atoms with Crippen LogP contribution < -0.4 is 0 Å². The average molecular weight is 246 g/mol. The Labute approximate surface area is 101 Å². The lowest BCUT2D eigenvalue weighted by Gasteiger charge is -2.29. The third-order valence-electron chi connectivity index (χ3n) is 3.29. The largest absolute Gasteiger partial charge is 0.500 e. The molecule has 1 aliphatic rings. The Bertz CT molecular complexity index is 187. The fourth-order valence-electron chi connectivity index (χ4n) is 2.35. The van der Waals surface area contributed by atoms with E-state index < -0.39 is 8.80 Å². The molecule has 3 nitrogen and oxygen atoms in total. The van der Waals surface area contributed by atoms with E-state index in [1.54, 1.807) is 14.2 Å². The molecule has 96 valence electrons. The van der Waals surface area contributed by atoms with Crippen LogP contribution in [0, 0.1) is 11.8 Å². The Morgan fingerprint density at radius 1 is 1.12 bits per heavy atom. The first kappa shape index (κ1) is 14.2. The summed E-state index contributed by atoms with van der Waals surface area (Å²) >= 11 is 0. The Hall–Kier alpha value is 0.0969. The van der Waals surface area contributed by atoms with Crippen LogP contribution in [0.4, 0.5) is 0 Å². The lowest BCUT2D eigenvalue weighted by Crippen LogP contribution is -2.45. The van der Waals surface area contributed by atoms with E-state index in [0.29, 0.717) is 5.92 Å². The zero-order valence-electron chi connectivity index (χ0n) is 11.1. The zero-order valence-corrected chi connectivity index (χ0v) is 12.1. The van der Waals surface area contributed by atoms with Crippen LogP contribution >= 0.6 is 0 Å². The Morgan fingerprint density at radius 2 is 1.69 bits per heavy atom. The van der Waals surface area contributed by atoms with E-state index in [1.165, 1.54) is 25.7 Å². The van der Waals surface area contributed by atoms with Crippen LogP contribution in [0.5, 0.6) is 0 Å². The van der Waals surface area contributed by atoms with Crippen molar-refractivity contribution in [3.05, 3.63) is 0 Å². The van der Waals surface area contributed by atoms with E-state index in [0.717, 1.165) is 18.6 Å². The molecule has 0 aromatic rings. The van der Waals surface area contributed by atoms with Crippen LogP contribution in [-0.2, 0) is 13.3 Å². The minimum Gasteiger partial charge on any atom is -0.377 e. The minimum absolute atomic E-state index is 0.551. The lowest BCUT2D eigenvalue weighted by molar-refractivity contribution is 0.0796. The highest BCUT2D eigenvalue weighted by Crippen LogP contribution is 2.27. The van der Waals surface area contributed by atoms with E-state index in [-0.39, 0.29) is 0 Å². The van der Waals surface area contributed by atoms with Crippen LogP contribution in [0.2, 0.25) is 6.04 Å². The number of hydrogen-bond acceptors (Lipinski definition) is 3. The van der Waals surface area contributed by atoms with Gasteiger partial charge in [0.15, 0.2) is 0 Å². The predicted octanol–water partition coefficient (Wildman–Crippen LogP) is 3.08. The van der Waals surface area contributed by atoms with Crippen molar-refractivity contribution in [3.63, 3.8) is 0 Å². The SMILES string of the molecule is CO[Si](CC(C)C)(OC)OCC1CCCC1. The molecule has 1 fully saturated rings. The van der Waals surface area contributed by atoms with Gasteiger partial charge in [-0.2, -0.15) is 0 Å². The molecule has 1 aliphatic carbocycles. The van der Waals surface area contributed by atoms with Crippen LogP contribution in [-0.4, -0.2) is 29.6 Å². The number of hydrogen-bond donors (Lipinski definition) is 0. The molecule has 0 bridgehead atoms. The molecule has 0 atom stereocenters. The molecule has 0 saturated heterocycles. The fraction of sp³-hybridized carbons (Fsp3) is 1.00. The molecule has 0 aromatic heterocycles. The second-order valence-corrected chi connectivity index (χ2v) is 8.03. The smallest absolute Gasteiger partial charge is 0.377 e. The maximum Gasteiger partial charge on any atom is 0.500 e. The highest BCUT2D eigenvalue weighted by atomic mass is 28.4. The molecule has 0 aromatic carbocycles. The van der Waals surface area contributed by atoms with E-state index in [9.17, 15) is 0 Å². The van der Waals surface area contributed by atoms with Crippen molar-refractivity contribution in [2.45, 2.75) is 45.6 Å². The molecule has 0 amide bonds. The normalized spacial score (nSPS) is 18.6. The first-order chi connectivity index (χ1) is 7.62. The summed E-state index contributed by atoms with van der Waals surface area (Å²) in [5.74, 6) is 1.28. The van der Waals surface area contributed by atoms with Gasteiger partial charge in [0.2, 0.25) is 0 Å². The van der Waals surface area contributed by atoms with Gasteiger partial charge in [0.1, 0.15) is 0 Å². The molecule has 1 saturated carbocycles. The fourth-order valence-corrected chi connectivity index (χ4v) is 4.69. The summed E-state index contributed by atoms with van der Waals surface area (Å²) in [5.41, 5.74) is 0. The van der Waals surface area contributed by atoms with Gasteiger partial charge in [-0.1, -0.05) is 26.7 Å². The summed E-state index contributed by atoms with van der Waals surface area (Å²) < 4.78 is 17.1. The quantitative estimate of drug-likeness (QED) is 0.646. The third-order valence-corrected chi connectivity index (χ3v) is 6.46. The molecule has 0 radical (unpaired) electrons.